The molecule has 2 atom stereocenters. The maximum atomic E-state index is 10.1. The summed E-state index contributed by atoms with van der Waals surface area (Å²) in [6.45, 7) is 3.76. The third kappa shape index (κ3) is 2.06. The van der Waals surface area contributed by atoms with Gasteiger partial charge in [-0.2, -0.15) is 0 Å². The third-order valence-corrected chi connectivity index (χ3v) is 4.71. The molecular weight excluding hydrogens is 312 g/mol. The average molecular weight is 330 g/mol. The van der Waals surface area contributed by atoms with Gasteiger partial charge in [0.15, 0.2) is 17.6 Å². The Kier molecular flexibility index (Phi) is 2.93. The van der Waals surface area contributed by atoms with Gasteiger partial charge in [-0.05, 0) is 31.5 Å². The SMILES string of the molecule is CC1(C)O[C@H]2Cc3c(O)cc(O)cc3O[C@@H]2c2cc(O)c(O)cc21. The van der Waals surface area contributed by atoms with Crippen molar-refractivity contribution in [2.45, 2.75) is 38.1 Å². The number of ether oxygens (including phenoxy) is 2. The first-order valence-corrected chi connectivity index (χ1v) is 7.72. The van der Waals surface area contributed by atoms with E-state index in [1.54, 1.807) is 0 Å². The predicted molar refractivity (Wildman–Crippen MR) is 84.5 cm³/mol. The number of fused-ring (bicyclic) bond motifs is 4. The van der Waals surface area contributed by atoms with Crippen LogP contribution in [0.2, 0.25) is 0 Å². The summed E-state index contributed by atoms with van der Waals surface area (Å²) >= 11 is 0. The molecule has 0 fully saturated rings. The molecule has 2 aromatic rings. The molecule has 2 aromatic carbocycles. The second-order valence-electron chi connectivity index (χ2n) is 6.78. The van der Waals surface area contributed by atoms with Gasteiger partial charge >= 0.3 is 0 Å². The van der Waals surface area contributed by atoms with E-state index in [0.29, 0.717) is 17.7 Å². The van der Waals surface area contributed by atoms with Gasteiger partial charge in [-0.1, -0.05) is 0 Å². The number of hydrogen-bond donors (Lipinski definition) is 4. The molecule has 6 heteroatoms. The monoisotopic (exact) mass is 330 g/mol. The largest absolute Gasteiger partial charge is 0.508 e. The normalized spacial score (nSPS) is 23.6. The summed E-state index contributed by atoms with van der Waals surface area (Å²) in [5, 5.41) is 39.5. The van der Waals surface area contributed by atoms with Crippen molar-refractivity contribution in [3.05, 3.63) is 41.0 Å². The number of rotatable bonds is 0. The molecule has 24 heavy (non-hydrogen) atoms. The topological polar surface area (TPSA) is 99.4 Å². The van der Waals surface area contributed by atoms with Gasteiger partial charge in [0.05, 0.1) is 5.60 Å². The minimum absolute atomic E-state index is 0.0378. The Balaban J connectivity index is 1.87. The number of hydrogen-bond acceptors (Lipinski definition) is 6. The van der Waals surface area contributed by atoms with Crippen LogP contribution in [0.1, 0.15) is 36.6 Å². The van der Waals surface area contributed by atoms with Crippen LogP contribution in [-0.2, 0) is 16.8 Å². The number of benzene rings is 2. The Labute approximate surface area is 138 Å². The predicted octanol–water partition coefficient (Wildman–Crippen LogP) is 2.82. The summed E-state index contributed by atoms with van der Waals surface area (Å²) in [6.07, 6.45) is -0.455. The lowest BCUT2D eigenvalue weighted by Crippen LogP contribution is -2.44. The molecular formula is C18H18O6. The van der Waals surface area contributed by atoms with Gasteiger partial charge in [0.25, 0.3) is 0 Å². The van der Waals surface area contributed by atoms with E-state index in [1.807, 2.05) is 13.8 Å². The lowest BCUT2D eigenvalue weighted by molar-refractivity contribution is -0.140. The van der Waals surface area contributed by atoms with Gasteiger partial charge in [-0.3, -0.25) is 0 Å². The zero-order valence-electron chi connectivity index (χ0n) is 13.3. The Morgan fingerprint density at radius 3 is 2.42 bits per heavy atom. The minimum atomic E-state index is -0.685. The number of aromatic hydroxyl groups is 4. The molecule has 0 bridgehead atoms. The standard InChI is InChI=1S/C18H18O6/c1-18(2)11-7-14(22)13(21)5-9(11)17-16(24-18)6-10-12(20)3-8(19)4-15(10)23-17/h3-5,7,16-17,19-22H,6H2,1-2H3/t16-,17+/m0/s1. The van der Waals surface area contributed by atoms with Crippen molar-refractivity contribution in [3.63, 3.8) is 0 Å². The fourth-order valence-electron chi connectivity index (χ4n) is 3.61. The van der Waals surface area contributed by atoms with Crippen molar-refractivity contribution in [2.75, 3.05) is 0 Å². The molecule has 4 N–H and O–H groups in total. The van der Waals surface area contributed by atoms with E-state index < -0.39 is 11.7 Å². The Morgan fingerprint density at radius 1 is 0.958 bits per heavy atom. The van der Waals surface area contributed by atoms with Crippen molar-refractivity contribution in [3.8, 4) is 28.7 Å². The van der Waals surface area contributed by atoms with E-state index in [-0.39, 0.29) is 29.1 Å². The van der Waals surface area contributed by atoms with E-state index in [2.05, 4.69) is 0 Å². The van der Waals surface area contributed by atoms with Crippen LogP contribution in [0, 0.1) is 0 Å². The van der Waals surface area contributed by atoms with Crippen LogP contribution < -0.4 is 4.74 Å². The summed E-state index contributed by atoms with van der Waals surface area (Å²) in [6, 6.07) is 5.69. The molecule has 0 unspecified atom stereocenters. The van der Waals surface area contributed by atoms with Crippen LogP contribution in [0.4, 0.5) is 0 Å². The van der Waals surface area contributed by atoms with Gasteiger partial charge in [-0.25, -0.2) is 0 Å². The smallest absolute Gasteiger partial charge is 0.157 e. The Bertz CT molecular complexity index is 842. The van der Waals surface area contributed by atoms with Crippen molar-refractivity contribution in [1.82, 2.24) is 0 Å². The van der Waals surface area contributed by atoms with Crippen LogP contribution in [0.5, 0.6) is 28.7 Å². The van der Waals surface area contributed by atoms with Crippen LogP contribution in [0.15, 0.2) is 24.3 Å². The number of phenols is 4. The van der Waals surface area contributed by atoms with E-state index in [0.717, 1.165) is 11.1 Å². The van der Waals surface area contributed by atoms with E-state index in [4.69, 9.17) is 9.47 Å². The van der Waals surface area contributed by atoms with Crippen molar-refractivity contribution < 1.29 is 29.9 Å². The second kappa shape index (κ2) is 4.70. The first-order valence-electron chi connectivity index (χ1n) is 7.72. The summed E-state index contributed by atoms with van der Waals surface area (Å²) in [5.41, 5.74) is 1.35. The van der Waals surface area contributed by atoms with E-state index in [9.17, 15) is 20.4 Å². The fourth-order valence-corrected chi connectivity index (χ4v) is 3.61. The third-order valence-electron chi connectivity index (χ3n) is 4.71. The highest BCUT2D eigenvalue weighted by Crippen LogP contribution is 2.50. The molecule has 4 rings (SSSR count). The molecule has 0 aromatic heterocycles. The molecule has 0 amide bonds. The molecule has 0 aliphatic carbocycles. The van der Waals surface area contributed by atoms with Crippen LogP contribution in [0.25, 0.3) is 0 Å². The van der Waals surface area contributed by atoms with E-state index >= 15 is 0 Å². The van der Waals surface area contributed by atoms with Gasteiger partial charge in [0, 0.05) is 29.7 Å². The molecule has 0 spiro atoms. The van der Waals surface area contributed by atoms with Gasteiger partial charge in [-0.15, -0.1) is 0 Å². The summed E-state index contributed by atoms with van der Waals surface area (Å²) < 4.78 is 12.1. The maximum Gasteiger partial charge on any atom is 0.157 e. The van der Waals surface area contributed by atoms with Crippen LogP contribution >= 0.6 is 0 Å². The lowest BCUT2D eigenvalue weighted by atomic mass is 9.82. The van der Waals surface area contributed by atoms with Crippen LogP contribution in [0.3, 0.4) is 0 Å². The zero-order chi connectivity index (χ0) is 17.2. The lowest BCUT2D eigenvalue weighted by Gasteiger charge is -2.45. The van der Waals surface area contributed by atoms with Crippen LogP contribution in [-0.4, -0.2) is 26.5 Å². The first kappa shape index (κ1) is 15.0. The Hall–Kier alpha value is -2.60. The van der Waals surface area contributed by atoms with Crippen molar-refractivity contribution >= 4 is 0 Å². The highest BCUT2D eigenvalue weighted by molar-refractivity contribution is 5.54. The second-order valence-corrected chi connectivity index (χ2v) is 6.78. The van der Waals surface area contributed by atoms with Gasteiger partial charge in [0.2, 0.25) is 0 Å². The molecule has 0 radical (unpaired) electrons. The molecule has 126 valence electrons. The minimum Gasteiger partial charge on any atom is -0.508 e. The molecule has 6 nitrogen and oxygen atoms in total. The zero-order valence-corrected chi connectivity index (χ0v) is 13.3. The Morgan fingerprint density at radius 2 is 1.67 bits per heavy atom. The first-order chi connectivity index (χ1) is 11.3. The summed E-state index contributed by atoms with van der Waals surface area (Å²) in [7, 11) is 0. The maximum absolute atomic E-state index is 10.1. The quantitative estimate of drug-likeness (QED) is 0.554. The molecule has 0 saturated carbocycles. The van der Waals surface area contributed by atoms with Gasteiger partial charge < -0.3 is 29.9 Å². The van der Waals surface area contributed by atoms with E-state index in [1.165, 1.54) is 24.3 Å². The van der Waals surface area contributed by atoms with Crippen molar-refractivity contribution in [1.29, 1.82) is 0 Å². The summed E-state index contributed by atoms with van der Waals surface area (Å²) in [5.74, 6) is -0.177. The molecule has 2 aliphatic rings. The fraction of sp³-hybridized carbons (Fsp3) is 0.333. The molecule has 0 saturated heterocycles. The van der Waals surface area contributed by atoms with Crippen molar-refractivity contribution in [2.24, 2.45) is 0 Å². The number of phenolic OH excluding ortho intramolecular Hbond substituents is 4. The highest BCUT2D eigenvalue weighted by Gasteiger charge is 2.45. The molecule has 2 heterocycles. The molecule has 2 aliphatic heterocycles. The average Bonchev–Trinajstić information content (AvgIpc) is 2.48. The van der Waals surface area contributed by atoms with Gasteiger partial charge in [0.1, 0.15) is 23.4 Å². The summed E-state index contributed by atoms with van der Waals surface area (Å²) in [4.78, 5) is 0. The highest BCUT2D eigenvalue weighted by atomic mass is 16.6.